The fourth-order valence-corrected chi connectivity index (χ4v) is 1.67. The number of nitro benzene ring substituents is 1. The first-order valence-corrected chi connectivity index (χ1v) is 5.65. The molecule has 0 fully saturated rings. The Labute approximate surface area is 110 Å². The predicted octanol–water partition coefficient (Wildman–Crippen LogP) is 0.328. The Balaban J connectivity index is 2.96. The van der Waals surface area contributed by atoms with Crippen LogP contribution in [0.25, 0.3) is 0 Å². The quantitative estimate of drug-likeness (QED) is 0.591. The topological polar surface area (TPSA) is 104 Å². The number of aliphatic hydroxyl groups excluding tert-OH is 2. The van der Waals surface area contributed by atoms with E-state index in [9.17, 15) is 20.0 Å². The van der Waals surface area contributed by atoms with E-state index in [-0.39, 0.29) is 17.8 Å². The van der Waals surface area contributed by atoms with Gasteiger partial charge in [0, 0.05) is 31.3 Å². The van der Waals surface area contributed by atoms with Crippen LogP contribution in [0.5, 0.6) is 0 Å². The van der Waals surface area contributed by atoms with E-state index in [0.717, 1.165) is 0 Å². The summed E-state index contributed by atoms with van der Waals surface area (Å²) in [5.74, 6) is -0.445. The number of nitro groups is 1. The van der Waals surface area contributed by atoms with Gasteiger partial charge in [0.05, 0.1) is 17.6 Å². The highest BCUT2D eigenvalue weighted by Gasteiger charge is 2.18. The molecule has 1 atom stereocenters. The van der Waals surface area contributed by atoms with Crippen LogP contribution < -0.4 is 0 Å². The molecular weight excluding hydrogens is 252 g/mol. The number of amides is 1. The van der Waals surface area contributed by atoms with E-state index in [0.29, 0.717) is 5.56 Å². The van der Waals surface area contributed by atoms with Crippen LogP contribution in [0.2, 0.25) is 0 Å². The minimum absolute atomic E-state index is 0.0446. The number of nitrogens with zero attached hydrogens (tertiary/aromatic N) is 2. The first-order valence-electron chi connectivity index (χ1n) is 5.65. The molecule has 104 valence electrons. The normalized spacial score (nSPS) is 12.0. The van der Waals surface area contributed by atoms with Crippen LogP contribution in [0.4, 0.5) is 5.69 Å². The third kappa shape index (κ3) is 4.01. The van der Waals surface area contributed by atoms with E-state index in [4.69, 9.17) is 5.11 Å². The lowest BCUT2D eigenvalue weighted by molar-refractivity contribution is -0.384. The van der Waals surface area contributed by atoms with Crippen molar-refractivity contribution in [3.8, 4) is 0 Å². The summed E-state index contributed by atoms with van der Waals surface area (Å²) in [6, 6.07) is 4.10. The molecule has 7 nitrogen and oxygen atoms in total. The molecule has 0 aliphatic rings. The van der Waals surface area contributed by atoms with Gasteiger partial charge < -0.3 is 15.1 Å². The van der Waals surface area contributed by atoms with Crippen molar-refractivity contribution in [1.82, 2.24) is 4.90 Å². The molecule has 0 radical (unpaired) electrons. The maximum atomic E-state index is 12.0. The summed E-state index contributed by atoms with van der Waals surface area (Å²) in [6.07, 6.45) is -1.03. The maximum Gasteiger partial charge on any atom is 0.270 e. The highest BCUT2D eigenvalue weighted by atomic mass is 16.6. The number of hydrogen-bond donors (Lipinski definition) is 2. The molecule has 0 saturated heterocycles. The Hall–Kier alpha value is -1.99. The van der Waals surface area contributed by atoms with Crippen LogP contribution in [0, 0.1) is 17.0 Å². The lowest BCUT2D eigenvalue weighted by Crippen LogP contribution is -2.35. The smallest absolute Gasteiger partial charge is 0.270 e. The predicted molar refractivity (Wildman–Crippen MR) is 67.9 cm³/mol. The molecule has 0 saturated carbocycles. The van der Waals surface area contributed by atoms with E-state index in [1.54, 1.807) is 6.92 Å². The largest absolute Gasteiger partial charge is 0.394 e. The second-order valence-corrected chi connectivity index (χ2v) is 4.34. The lowest BCUT2D eigenvalue weighted by atomic mass is 10.1. The van der Waals surface area contributed by atoms with Crippen molar-refractivity contribution in [3.63, 3.8) is 0 Å². The minimum Gasteiger partial charge on any atom is -0.394 e. The Morgan fingerprint density at radius 1 is 1.47 bits per heavy atom. The number of aryl methyl sites for hydroxylation is 1. The van der Waals surface area contributed by atoms with Crippen LogP contribution in [0.1, 0.15) is 15.9 Å². The number of carbonyl (C=O) groups excluding carboxylic acids is 1. The van der Waals surface area contributed by atoms with Gasteiger partial charge in [-0.1, -0.05) is 0 Å². The van der Waals surface area contributed by atoms with Gasteiger partial charge in [-0.25, -0.2) is 0 Å². The van der Waals surface area contributed by atoms with Crippen molar-refractivity contribution in [2.75, 3.05) is 20.2 Å². The van der Waals surface area contributed by atoms with Crippen molar-refractivity contribution in [2.24, 2.45) is 0 Å². The van der Waals surface area contributed by atoms with E-state index in [2.05, 4.69) is 0 Å². The summed E-state index contributed by atoms with van der Waals surface area (Å²) in [6.45, 7) is 1.16. The van der Waals surface area contributed by atoms with Crippen LogP contribution >= 0.6 is 0 Å². The second kappa shape index (κ2) is 6.26. The molecular formula is C12H16N2O5. The average Bonchev–Trinajstić information content (AvgIpc) is 2.36. The first-order chi connectivity index (χ1) is 8.85. The average molecular weight is 268 g/mol. The molecule has 0 heterocycles. The molecule has 0 aromatic heterocycles. The monoisotopic (exact) mass is 268 g/mol. The zero-order valence-corrected chi connectivity index (χ0v) is 10.7. The molecule has 7 heteroatoms. The zero-order chi connectivity index (χ0) is 14.6. The molecule has 0 spiro atoms. The van der Waals surface area contributed by atoms with Gasteiger partial charge in [-0.3, -0.25) is 14.9 Å². The summed E-state index contributed by atoms with van der Waals surface area (Å²) in [7, 11) is 1.45. The number of benzene rings is 1. The van der Waals surface area contributed by atoms with Gasteiger partial charge in [-0.15, -0.1) is 0 Å². The van der Waals surface area contributed by atoms with Crippen molar-refractivity contribution in [2.45, 2.75) is 13.0 Å². The van der Waals surface area contributed by atoms with Gasteiger partial charge >= 0.3 is 0 Å². The second-order valence-electron chi connectivity index (χ2n) is 4.34. The molecule has 0 bridgehead atoms. The van der Waals surface area contributed by atoms with Crippen LogP contribution in [0.3, 0.4) is 0 Å². The van der Waals surface area contributed by atoms with Gasteiger partial charge in [-0.05, 0) is 18.6 Å². The number of hydrogen-bond acceptors (Lipinski definition) is 5. The number of rotatable bonds is 5. The summed E-state index contributed by atoms with van der Waals surface area (Å²) < 4.78 is 0. The number of aliphatic hydroxyl groups is 2. The fourth-order valence-electron chi connectivity index (χ4n) is 1.67. The van der Waals surface area contributed by atoms with E-state index < -0.39 is 23.5 Å². The molecule has 1 aromatic rings. The van der Waals surface area contributed by atoms with E-state index in [1.807, 2.05) is 0 Å². The molecule has 0 aliphatic carbocycles. The molecule has 1 aromatic carbocycles. The molecule has 19 heavy (non-hydrogen) atoms. The van der Waals surface area contributed by atoms with Crippen molar-refractivity contribution in [3.05, 3.63) is 39.4 Å². The maximum absolute atomic E-state index is 12.0. The Kier molecular flexibility index (Phi) is 4.96. The Bertz CT molecular complexity index is 489. The van der Waals surface area contributed by atoms with Crippen molar-refractivity contribution in [1.29, 1.82) is 0 Å². The third-order valence-corrected chi connectivity index (χ3v) is 2.56. The molecule has 1 amide bonds. The van der Waals surface area contributed by atoms with Gasteiger partial charge in [0.25, 0.3) is 11.6 Å². The van der Waals surface area contributed by atoms with Crippen molar-refractivity contribution >= 4 is 11.6 Å². The first kappa shape index (κ1) is 15.1. The van der Waals surface area contributed by atoms with E-state index >= 15 is 0 Å². The third-order valence-electron chi connectivity index (χ3n) is 2.56. The Morgan fingerprint density at radius 2 is 2.11 bits per heavy atom. The van der Waals surface area contributed by atoms with Gasteiger partial charge in [0.2, 0.25) is 0 Å². The molecule has 0 aliphatic heterocycles. The molecule has 1 unspecified atom stereocenters. The summed E-state index contributed by atoms with van der Waals surface area (Å²) in [5.41, 5.74) is 0.632. The molecule has 2 N–H and O–H groups in total. The number of carbonyl (C=O) groups is 1. The van der Waals surface area contributed by atoms with Crippen LogP contribution in [0.15, 0.2) is 18.2 Å². The van der Waals surface area contributed by atoms with Gasteiger partial charge in [0.1, 0.15) is 0 Å². The van der Waals surface area contributed by atoms with Crippen molar-refractivity contribution < 1.29 is 19.9 Å². The SMILES string of the molecule is Cc1cc(C(=O)N(C)CC(O)CO)cc([N+](=O)[O-])c1. The van der Waals surface area contributed by atoms with Crippen LogP contribution in [-0.4, -0.2) is 52.2 Å². The standard InChI is InChI=1S/C12H16N2O5/c1-8-3-9(5-10(4-8)14(18)19)12(17)13(2)6-11(16)7-15/h3-5,11,15-16H,6-7H2,1-2H3. The Morgan fingerprint density at radius 3 is 2.63 bits per heavy atom. The summed E-state index contributed by atoms with van der Waals surface area (Å²) >= 11 is 0. The number of non-ortho nitro benzene ring substituents is 1. The van der Waals surface area contributed by atoms with Gasteiger partial charge in [0.15, 0.2) is 0 Å². The lowest BCUT2D eigenvalue weighted by Gasteiger charge is -2.19. The van der Waals surface area contributed by atoms with Crippen LogP contribution in [-0.2, 0) is 0 Å². The van der Waals surface area contributed by atoms with Gasteiger partial charge in [-0.2, -0.15) is 0 Å². The van der Waals surface area contributed by atoms with E-state index in [1.165, 1.54) is 30.1 Å². The highest BCUT2D eigenvalue weighted by molar-refractivity contribution is 5.94. The number of likely N-dealkylation sites (N-methyl/N-ethyl adjacent to an activating group) is 1. The minimum atomic E-state index is -1.03. The summed E-state index contributed by atoms with van der Waals surface area (Å²) in [4.78, 5) is 23.4. The fraction of sp³-hybridized carbons (Fsp3) is 0.417. The molecule has 1 rings (SSSR count). The summed E-state index contributed by atoms with van der Waals surface area (Å²) in [5, 5.41) is 28.7. The zero-order valence-electron chi connectivity index (χ0n) is 10.7. The highest BCUT2D eigenvalue weighted by Crippen LogP contribution is 2.17.